The van der Waals surface area contributed by atoms with Crippen LogP contribution in [0.1, 0.15) is 36.8 Å². The van der Waals surface area contributed by atoms with Gasteiger partial charge in [-0.3, -0.25) is 14.6 Å². The standard InChI is InChI=1S/C26H32N4O6/c1-34-22-6-4-5-20(15-22)17-29-13-12-21(18-29)30(26(32)33)23-10-8-19(16-27-23)9-11-24(31)28-36-25-7-2-3-14-35-25/h4-6,8-11,15-16,21,25H,2-3,7,12-14,17-18H2,1H3,(H,28,31)(H,32,33)/t21-,25?/m1/s1. The largest absolute Gasteiger partial charge is 0.497 e. The molecule has 1 aromatic heterocycles. The average Bonchev–Trinajstić information content (AvgIpc) is 3.35. The fraction of sp³-hybridized carbons (Fsp3) is 0.423. The van der Waals surface area contributed by atoms with E-state index in [-0.39, 0.29) is 6.04 Å². The molecule has 0 saturated carbocycles. The van der Waals surface area contributed by atoms with Crippen LogP contribution in [0.2, 0.25) is 0 Å². The Balaban J connectivity index is 1.31. The van der Waals surface area contributed by atoms with Crippen LogP contribution in [0, 0.1) is 0 Å². The molecule has 0 aliphatic carbocycles. The van der Waals surface area contributed by atoms with E-state index in [1.807, 2.05) is 24.3 Å². The second-order valence-electron chi connectivity index (χ2n) is 8.85. The number of hydrogen-bond donors (Lipinski definition) is 2. The molecule has 36 heavy (non-hydrogen) atoms. The third-order valence-corrected chi connectivity index (χ3v) is 6.23. The number of rotatable bonds is 9. The number of ether oxygens (including phenoxy) is 2. The van der Waals surface area contributed by atoms with Gasteiger partial charge in [0.1, 0.15) is 11.6 Å². The zero-order valence-electron chi connectivity index (χ0n) is 20.3. The summed E-state index contributed by atoms with van der Waals surface area (Å²) in [5.41, 5.74) is 4.15. The van der Waals surface area contributed by atoms with Gasteiger partial charge >= 0.3 is 6.09 Å². The molecule has 10 heteroatoms. The first-order chi connectivity index (χ1) is 17.5. The lowest BCUT2D eigenvalue weighted by atomic mass is 10.2. The molecule has 2 N–H and O–H groups in total. The number of likely N-dealkylation sites (tertiary alicyclic amines) is 1. The van der Waals surface area contributed by atoms with E-state index in [0.29, 0.717) is 31.0 Å². The van der Waals surface area contributed by atoms with Crippen LogP contribution >= 0.6 is 0 Å². The van der Waals surface area contributed by atoms with Crippen LogP contribution < -0.4 is 15.1 Å². The highest BCUT2D eigenvalue weighted by atomic mass is 16.8. The van der Waals surface area contributed by atoms with Gasteiger partial charge in [-0.1, -0.05) is 12.1 Å². The fourth-order valence-electron chi connectivity index (χ4n) is 4.41. The van der Waals surface area contributed by atoms with Crippen molar-refractivity contribution in [2.24, 2.45) is 0 Å². The lowest BCUT2D eigenvalue weighted by Gasteiger charge is -2.25. The minimum absolute atomic E-state index is 0.202. The number of aromatic nitrogens is 1. The number of hydroxylamine groups is 1. The predicted molar refractivity (Wildman–Crippen MR) is 133 cm³/mol. The summed E-state index contributed by atoms with van der Waals surface area (Å²) in [6.07, 6.45) is 6.47. The number of nitrogens with zero attached hydrogens (tertiary/aromatic N) is 3. The van der Waals surface area contributed by atoms with E-state index in [9.17, 15) is 14.7 Å². The fourth-order valence-corrected chi connectivity index (χ4v) is 4.41. The van der Waals surface area contributed by atoms with Crippen molar-refractivity contribution in [1.82, 2.24) is 15.4 Å². The Bertz CT molecular complexity index is 1050. The second-order valence-corrected chi connectivity index (χ2v) is 8.85. The highest BCUT2D eigenvalue weighted by Crippen LogP contribution is 2.24. The molecule has 10 nitrogen and oxygen atoms in total. The van der Waals surface area contributed by atoms with Gasteiger partial charge in [-0.25, -0.2) is 20.1 Å². The van der Waals surface area contributed by atoms with Crippen LogP contribution in [0.4, 0.5) is 10.6 Å². The summed E-state index contributed by atoms with van der Waals surface area (Å²) >= 11 is 0. The van der Waals surface area contributed by atoms with Crippen molar-refractivity contribution in [2.45, 2.75) is 44.6 Å². The molecule has 1 aromatic carbocycles. The normalized spacial score (nSPS) is 20.4. The number of carbonyl (C=O) groups is 2. The first-order valence-corrected chi connectivity index (χ1v) is 12.1. The molecule has 2 aliphatic heterocycles. The molecule has 1 unspecified atom stereocenters. The highest BCUT2D eigenvalue weighted by Gasteiger charge is 2.32. The first kappa shape index (κ1) is 25.6. The Morgan fingerprint density at radius 3 is 2.89 bits per heavy atom. The molecule has 2 fully saturated rings. The van der Waals surface area contributed by atoms with E-state index >= 15 is 0 Å². The summed E-state index contributed by atoms with van der Waals surface area (Å²) in [7, 11) is 1.64. The molecule has 2 atom stereocenters. The minimum atomic E-state index is -1.04. The van der Waals surface area contributed by atoms with Gasteiger partial charge in [0.15, 0.2) is 6.29 Å². The SMILES string of the molecule is COc1cccc(CN2CC[C@@H](N(C(=O)O)c3ccc(C=CC(=O)NOC4CCCCO4)cn3)C2)c1. The average molecular weight is 497 g/mol. The summed E-state index contributed by atoms with van der Waals surface area (Å²) in [5.74, 6) is 0.745. The van der Waals surface area contributed by atoms with E-state index in [1.54, 1.807) is 31.5 Å². The molecule has 2 amide bonds. The summed E-state index contributed by atoms with van der Waals surface area (Å²) in [4.78, 5) is 37.3. The maximum atomic E-state index is 12.1. The lowest BCUT2D eigenvalue weighted by Crippen LogP contribution is -2.41. The van der Waals surface area contributed by atoms with Gasteiger partial charge in [0.05, 0.1) is 13.2 Å². The molecule has 2 aliphatic rings. The number of hydrogen-bond acceptors (Lipinski definition) is 7. The summed E-state index contributed by atoms with van der Waals surface area (Å²) in [5, 5.41) is 9.90. The predicted octanol–water partition coefficient (Wildman–Crippen LogP) is 3.44. The topological polar surface area (TPSA) is 113 Å². The Labute approximate surface area is 210 Å². The molecular formula is C26H32N4O6. The van der Waals surface area contributed by atoms with Gasteiger partial charge in [0, 0.05) is 44.9 Å². The number of anilines is 1. The van der Waals surface area contributed by atoms with E-state index in [4.69, 9.17) is 14.3 Å². The smallest absolute Gasteiger partial charge is 0.413 e. The molecule has 2 saturated heterocycles. The highest BCUT2D eigenvalue weighted by molar-refractivity contribution is 5.91. The minimum Gasteiger partial charge on any atom is -0.497 e. The molecule has 0 spiro atoms. The van der Waals surface area contributed by atoms with Crippen LogP contribution in [0.15, 0.2) is 48.7 Å². The zero-order chi connectivity index (χ0) is 25.3. The van der Waals surface area contributed by atoms with Gasteiger partial charge < -0.3 is 14.6 Å². The van der Waals surface area contributed by atoms with Crippen molar-refractivity contribution < 1.29 is 29.0 Å². The van der Waals surface area contributed by atoms with Gasteiger partial charge in [-0.2, -0.15) is 0 Å². The third kappa shape index (κ3) is 7.03. The quantitative estimate of drug-likeness (QED) is 0.401. The Morgan fingerprint density at radius 2 is 2.17 bits per heavy atom. The van der Waals surface area contributed by atoms with Crippen LogP contribution in [0.5, 0.6) is 5.75 Å². The molecule has 0 radical (unpaired) electrons. The number of carbonyl (C=O) groups excluding carboxylic acids is 1. The summed E-state index contributed by atoms with van der Waals surface area (Å²) in [6, 6.07) is 11.1. The van der Waals surface area contributed by atoms with E-state index < -0.39 is 18.3 Å². The number of methoxy groups -OCH3 is 1. The number of nitrogens with one attached hydrogen (secondary N) is 1. The first-order valence-electron chi connectivity index (χ1n) is 12.1. The van der Waals surface area contributed by atoms with Gasteiger partial charge in [0.2, 0.25) is 0 Å². The van der Waals surface area contributed by atoms with Crippen molar-refractivity contribution in [1.29, 1.82) is 0 Å². The van der Waals surface area contributed by atoms with Crippen molar-refractivity contribution in [3.8, 4) is 5.75 Å². The number of benzene rings is 1. The van der Waals surface area contributed by atoms with E-state index in [2.05, 4.69) is 15.4 Å². The third-order valence-electron chi connectivity index (χ3n) is 6.23. The van der Waals surface area contributed by atoms with Crippen molar-refractivity contribution in [2.75, 3.05) is 31.7 Å². The van der Waals surface area contributed by atoms with E-state index in [1.165, 1.54) is 11.0 Å². The maximum Gasteiger partial charge on any atom is 0.413 e. The number of amides is 2. The van der Waals surface area contributed by atoms with Crippen molar-refractivity contribution in [3.05, 3.63) is 59.8 Å². The molecule has 4 rings (SSSR count). The molecule has 2 aromatic rings. The van der Waals surface area contributed by atoms with Gasteiger partial charge in [-0.15, -0.1) is 0 Å². The van der Waals surface area contributed by atoms with Gasteiger partial charge in [0.25, 0.3) is 5.91 Å². The monoisotopic (exact) mass is 496 g/mol. The zero-order valence-corrected chi connectivity index (χ0v) is 20.3. The number of carboxylic acid groups (broad SMARTS) is 1. The summed E-state index contributed by atoms with van der Waals surface area (Å²) in [6.45, 7) is 2.74. The van der Waals surface area contributed by atoms with Crippen LogP contribution in [0.25, 0.3) is 6.08 Å². The van der Waals surface area contributed by atoms with E-state index in [0.717, 1.165) is 43.7 Å². The molecule has 192 valence electrons. The Kier molecular flexibility index (Phi) is 8.88. The lowest BCUT2D eigenvalue weighted by molar-refractivity contribution is -0.198. The Hall–Kier alpha value is -3.47. The second kappa shape index (κ2) is 12.5. The molecule has 3 heterocycles. The van der Waals surface area contributed by atoms with Gasteiger partial charge in [-0.05, 0) is 60.7 Å². The van der Waals surface area contributed by atoms with Crippen LogP contribution in [-0.4, -0.2) is 66.1 Å². The number of pyridine rings is 1. The van der Waals surface area contributed by atoms with Crippen molar-refractivity contribution in [3.63, 3.8) is 0 Å². The molecular weight excluding hydrogens is 464 g/mol. The van der Waals surface area contributed by atoms with Crippen molar-refractivity contribution >= 4 is 23.9 Å². The van der Waals surface area contributed by atoms with Crippen LogP contribution in [-0.2, 0) is 20.9 Å². The van der Waals surface area contributed by atoms with Crippen LogP contribution in [0.3, 0.4) is 0 Å². The summed E-state index contributed by atoms with van der Waals surface area (Å²) < 4.78 is 10.7. The maximum absolute atomic E-state index is 12.1. The molecule has 0 bridgehead atoms. The Morgan fingerprint density at radius 1 is 1.28 bits per heavy atom.